The van der Waals surface area contributed by atoms with Crippen LogP contribution in [0.4, 0.5) is 11.5 Å². The lowest BCUT2D eigenvalue weighted by Crippen LogP contribution is -2.24. The second-order valence-electron chi connectivity index (χ2n) is 5.69. The molecule has 0 aromatic carbocycles. The molecule has 6 nitrogen and oxygen atoms in total. The molecule has 0 spiro atoms. The first kappa shape index (κ1) is 14.3. The van der Waals surface area contributed by atoms with Crippen molar-refractivity contribution in [2.75, 3.05) is 34.8 Å². The van der Waals surface area contributed by atoms with Gasteiger partial charge in [-0.05, 0) is 31.4 Å². The molecule has 3 rings (SSSR count). The van der Waals surface area contributed by atoms with Crippen LogP contribution in [0.25, 0.3) is 0 Å². The minimum atomic E-state index is -3.03. The van der Waals surface area contributed by atoms with Gasteiger partial charge in [-0.1, -0.05) is 0 Å². The zero-order chi connectivity index (χ0) is 14.9. The average Bonchev–Trinajstić information content (AvgIpc) is 3.09. The number of anilines is 2. The maximum atomic E-state index is 12.0. The largest absolute Gasteiger partial charge is 0.357 e. The maximum Gasteiger partial charge on any atom is 0.228 e. The van der Waals surface area contributed by atoms with Gasteiger partial charge in [-0.15, -0.1) is 0 Å². The standard InChI is InChI=1S/C14H19N3O3S/c18-14(11-5-8-21(19,20)10-11)16-12-3-4-13(15-9-12)17-6-1-2-7-17/h3-4,9,11H,1-2,5-8,10H2,(H,16,18)/t11-/m1/s1. The molecule has 1 aromatic heterocycles. The molecule has 2 fully saturated rings. The number of carbonyl (C=O) groups is 1. The summed E-state index contributed by atoms with van der Waals surface area (Å²) in [6, 6.07) is 3.72. The molecular weight excluding hydrogens is 290 g/mol. The van der Waals surface area contributed by atoms with Gasteiger partial charge in [0.25, 0.3) is 0 Å². The lowest BCUT2D eigenvalue weighted by atomic mass is 10.1. The highest BCUT2D eigenvalue weighted by molar-refractivity contribution is 7.91. The number of hydrogen-bond acceptors (Lipinski definition) is 5. The molecule has 0 unspecified atom stereocenters. The van der Waals surface area contributed by atoms with Crippen molar-refractivity contribution in [1.29, 1.82) is 0 Å². The minimum absolute atomic E-state index is 0.0435. The molecule has 1 aromatic rings. The first-order valence-corrected chi connectivity index (χ1v) is 9.08. The molecule has 1 amide bonds. The van der Waals surface area contributed by atoms with Crippen LogP contribution in [0.15, 0.2) is 18.3 Å². The van der Waals surface area contributed by atoms with Gasteiger partial charge in [0, 0.05) is 13.1 Å². The van der Waals surface area contributed by atoms with Crippen LogP contribution < -0.4 is 10.2 Å². The number of pyridine rings is 1. The number of carbonyl (C=O) groups excluding carboxylic acids is 1. The second-order valence-corrected chi connectivity index (χ2v) is 7.92. The first-order valence-electron chi connectivity index (χ1n) is 7.26. The second kappa shape index (κ2) is 5.63. The van der Waals surface area contributed by atoms with Gasteiger partial charge in [0.05, 0.1) is 29.3 Å². The van der Waals surface area contributed by atoms with E-state index in [1.54, 1.807) is 6.20 Å². The van der Waals surface area contributed by atoms with Crippen molar-refractivity contribution >= 4 is 27.2 Å². The minimum Gasteiger partial charge on any atom is -0.357 e. The SMILES string of the molecule is O=C(Nc1ccc(N2CCCC2)nc1)[C@@H]1CCS(=O)(=O)C1. The van der Waals surface area contributed by atoms with Crippen LogP contribution in [0.5, 0.6) is 0 Å². The topological polar surface area (TPSA) is 79.4 Å². The number of sulfone groups is 1. The molecule has 2 aliphatic rings. The number of amides is 1. The third-order valence-electron chi connectivity index (χ3n) is 4.05. The zero-order valence-electron chi connectivity index (χ0n) is 11.8. The van der Waals surface area contributed by atoms with Crippen molar-refractivity contribution in [2.24, 2.45) is 5.92 Å². The summed E-state index contributed by atoms with van der Waals surface area (Å²) in [4.78, 5) is 18.6. The number of nitrogens with one attached hydrogen (secondary N) is 1. The Kier molecular flexibility index (Phi) is 3.84. The fourth-order valence-corrected chi connectivity index (χ4v) is 4.58. The van der Waals surface area contributed by atoms with Gasteiger partial charge in [-0.3, -0.25) is 4.79 Å². The van der Waals surface area contributed by atoms with Crippen molar-refractivity contribution in [1.82, 2.24) is 4.98 Å². The third kappa shape index (κ3) is 3.34. The van der Waals surface area contributed by atoms with Crippen molar-refractivity contribution in [2.45, 2.75) is 19.3 Å². The predicted molar refractivity (Wildman–Crippen MR) is 81.1 cm³/mol. The normalized spacial score (nSPS) is 24.2. The van der Waals surface area contributed by atoms with E-state index in [9.17, 15) is 13.2 Å². The van der Waals surface area contributed by atoms with E-state index < -0.39 is 15.8 Å². The van der Waals surface area contributed by atoms with E-state index in [4.69, 9.17) is 0 Å². The zero-order valence-corrected chi connectivity index (χ0v) is 12.6. The van der Waals surface area contributed by atoms with E-state index in [1.807, 2.05) is 12.1 Å². The van der Waals surface area contributed by atoms with Crippen LogP contribution in [-0.2, 0) is 14.6 Å². The summed E-state index contributed by atoms with van der Waals surface area (Å²) in [5.74, 6) is 0.323. The van der Waals surface area contributed by atoms with Crippen molar-refractivity contribution in [3.05, 3.63) is 18.3 Å². The van der Waals surface area contributed by atoms with Gasteiger partial charge < -0.3 is 10.2 Å². The molecule has 2 saturated heterocycles. The highest BCUT2D eigenvalue weighted by Crippen LogP contribution is 2.22. The van der Waals surface area contributed by atoms with Gasteiger partial charge in [0.2, 0.25) is 5.91 Å². The summed E-state index contributed by atoms with van der Waals surface area (Å²) in [5, 5.41) is 2.76. The van der Waals surface area contributed by atoms with E-state index >= 15 is 0 Å². The van der Waals surface area contributed by atoms with Crippen LogP contribution in [0.1, 0.15) is 19.3 Å². The van der Waals surface area contributed by atoms with Crippen molar-refractivity contribution in [3.8, 4) is 0 Å². The lowest BCUT2D eigenvalue weighted by Gasteiger charge is -2.16. The van der Waals surface area contributed by atoms with E-state index in [2.05, 4.69) is 15.2 Å². The summed E-state index contributed by atoms with van der Waals surface area (Å²) in [5.41, 5.74) is 0.618. The molecule has 21 heavy (non-hydrogen) atoms. The molecule has 1 atom stereocenters. The Balaban J connectivity index is 1.61. The quantitative estimate of drug-likeness (QED) is 0.903. The lowest BCUT2D eigenvalue weighted by molar-refractivity contribution is -0.119. The van der Waals surface area contributed by atoms with Crippen LogP contribution in [0.3, 0.4) is 0 Å². The third-order valence-corrected chi connectivity index (χ3v) is 5.82. The molecule has 3 heterocycles. The highest BCUT2D eigenvalue weighted by Gasteiger charge is 2.32. The van der Waals surface area contributed by atoms with Gasteiger partial charge in [-0.2, -0.15) is 0 Å². The Hall–Kier alpha value is -1.63. The van der Waals surface area contributed by atoms with Gasteiger partial charge in [0.15, 0.2) is 9.84 Å². The molecule has 0 bridgehead atoms. The molecule has 114 valence electrons. The molecular formula is C14H19N3O3S. The fourth-order valence-electron chi connectivity index (χ4n) is 2.84. The van der Waals surface area contributed by atoms with Crippen LogP contribution in [0.2, 0.25) is 0 Å². The number of rotatable bonds is 3. The van der Waals surface area contributed by atoms with Crippen molar-refractivity contribution < 1.29 is 13.2 Å². The average molecular weight is 309 g/mol. The molecule has 2 aliphatic heterocycles. The summed E-state index contributed by atoms with van der Waals surface area (Å²) >= 11 is 0. The number of aromatic nitrogens is 1. The Morgan fingerprint density at radius 1 is 1.29 bits per heavy atom. The van der Waals surface area contributed by atoms with E-state index in [0.717, 1.165) is 18.9 Å². The summed E-state index contributed by atoms with van der Waals surface area (Å²) in [6.45, 7) is 2.05. The Morgan fingerprint density at radius 3 is 2.62 bits per heavy atom. The van der Waals surface area contributed by atoms with Gasteiger partial charge in [0.1, 0.15) is 5.82 Å². The predicted octanol–water partition coefficient (Wildman–Crippen LogP) is 1.05. The number of hydrogen-bond donors (Lipinski definition) is 1. The monoisotopic (exact) mass is 309 g/mol. The molecule has 0 aliphatic carbocycles. The van der Waals surface area contributed by atoms with Crippen LogP contribution >= 0.6 is 0 Å². The maximum absolute atomic E-state index is 12.0. The van der Waals surface area contributed by atoms with E-state index in [0.29, 0.717) is 12.1 Å². The fraction of sp³-hybridized carbons (Fsp3) is 0.571. The molecule has 7 heteroatoms. The smallest absolute Gasteiger partial charge is 0.228 e. The summed E-state index contributed by atoms with van der Waals surface area (Å²) in [6.07, 6.45) is 4.43. The van der Waals surface area contributed by atoms with E-state index in [1.165, 1.54) is 12.8 Å². The summed E-state index contributed by atoms with van der Waals surface area (Å²) < 4.78 is 22.8. The van der Waals surface area contributed by atoms with E-state index in [-0.39, 0.29) is 17.4 Å². The first-order chi connectivity index (χ1) is 10.0. The molecule has 1 N–H and O–H groups in total. The number of nitrogens with zero attached hydrogens (tertiary/aromatic N) is 2. The Labute approximate surface area is 124 Å². The molecule has 0 saturated carbocycles. The molecule has 0 radical (unpaired) electrons. The Morgan fingerprint density at radius 2 is 2.05 bits per heavy atom. The summed E-state index contributed by atoms with van der Waals surface area (Å²) in [7, 11) is -3.03. The van der Waals surface area contributed by atoms with Gasteiger partial charge in [-0.25, -0.2) is 13.4 Å². The highest BCUT2D eigenvalue weighted by atomic mass is 32.2. The van der Waals surface area contributed by atoms with Gasteiger partial charge >= 0.3 is 0 Å². The van der Waals surface area contributed by atoms with Crippen LogP contribution in [0, 0.1) is 5.92 Å². The van der Waals surface area contributed by atoms with Crippen molar-refractivity contribution in [3.63, 3.8) is 0 Å². The Bertz CT molecular complexity index is 621. The van der Waals surface area contributed by atoms with Crippen LogP contribution in [-0.4, -0.2) is 43.9 Å².